The molecule has 0 atom stereocenters. The van der Waals surface area contributed by atoms with E-state index in [1.807, 2.05) is 25.1 Å². The van der Waals surface area contributed by atoms with Gasteiger partial charge in [0, 0.05) is 7.05 Å². The third kappa shape index (κ3) is 3.97. The topological polar surface area (TPSA) is 71.2 Å². The monoisotopic (exact) mass is 376 g/mol. The zero-order chi connectivity index (χ0) is 19.4. The smallest absolute Gasteiger partial charge is 0.387 e. The second-order valence-electron chi connectivity index (χ2n) is 5.68. The average Bonchev–Trinajstić information content (AvgIpc) is 2.99. The highest BCUT2D eigenvalue weighted by molar-refractivity contribution is 5.49. The minimum Gasteiger partial charge on any atom is -0.488 e. The van der Waals surface area contributed by atoms with E-state index in [2.05, 4.69) is 15.2 Å². The first-order valence-corrected chi connectivity index (χ1v) is 8.28. The van der Waals surface area contributed by atoms with Crippen LogP contribution < -0.4 is 15.2 Å². The fourth-order valence-electron chi connectivity index (χ4n) is 2.66. The Labute approximate surface area is 153 Å². The van der Waals surface area contributed by atoms with Crippen molar-refractivity contribution in [2.24, 2.45) is 7.05 Å². The second-order valence-corrected chi connectivity index (χ2v) is 5.68. The van der Waals surface area contributed by atoms with Crippen molar-refractivity contribution in [3.8, 4) is 17.2 Å². The van der Waals surface area contributed by atoms with Crippen molar-refractivity contribution in [2.45, 2.75) is 26.6 Å². The summed E-state index contributed by atoms with van der Waals surface area (Å²) in [6.07, 6.45) is 0.752. The number of ether oxygens (including phenoxy) is 2. The molecule has 0 saturated carbocycles. The zero-order valence-corrected chi connectivity index (χ0v) is 14.8. The number of halogens is 2. The molecule has 0 radical (unpaired) electrons. The van der Waals surface area contributed by atoms with Gasteiger partial charge in [-0.25, -0.2) is 4.79 Å². The third-order valence-electron chi connectivity index (χ3n) is 4.00. The Morgan fingerprint density at radius 1 is 1.07 bits per heavy atom. The third-order valence-corrected chi connectivity index (χ3v) is 4.00. The van der Waals surface area contributed by atoms with E-state index in [9.17, 15) is 13.6 Å². The molecule has 7 nitrogen and oxygen atoms in total. The van der Waals surface area contributed by atoms with E-state index < -0.39 is 12.3 Å². The Balaban J connectivity index is 2.02. The number of tetrazole rings is 1. The number of aryl methyl sites for hydroxylation is 2. The molecule has 1 heterocycles. The molecule has 3 aromatic rings. The summed E-state index contributed by atoms with van der Waals surface area (Å²) in [4.78, 5) is 12.2. The van der Waals surface area contributed by atoms with E-state index >= 15 is 0 Å². The molecule has 0 fully saturated rings. The fraction of sp³-hybridized carbons (Fsp3) is 0.278. The minimum atomic E-state index is -3.01. The number of alkyl halides is 2. The maximum atomic E-state index is 12.8. The van der Waals surface area contributed by atoms with Crippen LogP contribution in [0.25, 0.3) is 5.69 Å². The number of rotatable bonds is 7. The van der Waals surface area contributed by atoms with Gasteiger partial charge in [-0.05, 0) is 40.6 Å². The van der Waals surface area contributed by atoms with Gasteiger partial charge in [0.05, 0.1) is 11.3 Å². The quantitative estimate of drug-likeness (QED) is 0.634. The molecule has 2 aromatic carbocycles. The lowest BCUT2D eigenvalue weighted by molar-refractivity contribution is -0.0508. The van der Waals surface area contributed by atoms with Crippen LogP contribution in [0.2, 0.25) is 0 Å². The van der Waals surface area contributed by atoms with Crippen LogP contribution in [0.4, 0.5) is 8.78 Å². The fourth-order valence-corrected chi connectivity index (χ4v) is 2.66. The van der Waals surface area contributed by atoms with Crippen molar-refractivity contribution in [1.29, 1.82) is 0 Å². The van der Waals surface area contributed by atoms with Gasteiger partial charge in [-0.2, -0.15) is 18.1 Å². The van der Waals surface area contributed by atoms with Crippen molar-refractivity contribution in [2.75, 3.05) is 0 Å². The summed E-state index contributed by atoms with van der Waals surface area (Å²) in [5, 5.41) is 7.43. The molecule has 3 rings (SSSR count). The first kappa shape index (κ1) is 18.6. The summed E-state index contributed by atoms with van der Waals surface area (Å²) < 4.78 is 38.2. The number of aromatic nitrogens is 4. The van der Waals surface area contributed by atoms with E-state index in [4.69, 9.17) is 4.74 Å². The number of hydrogen-bond acceptors (Lipinski definition) is 5. The highest BCUT2D eigenvalue weighted by atomic mass is 19.3. The van der Waals surface area contributed by atoms with Crippen LogP contribution in [0.3, 0.4) is 0 Å². The Hall–Kier alpha value is -3.23. The summed E-state index contributed by atoms with van der Waals surface area (Å²) in [5.41, 5.74) is 0.994. The molecule has 0 bridgehead atoms. The van der Waals surface area contributed by atoms with Crippen molar-refractivity contribution in [3.05, 3.63) is 64.1 Å². The van der Waals surface area contributed by atoms with E-state index in [-0.39, 0.29) is 23.6 Å². The highest BCUT2D eigenvalue weighted by Gasteiger charge is 2.18. The number of para-hydroxylation sites is 1. The van der Waals surface area contributed by atoms with Gasteiger partial charge in [-0.3, -0.25) is 0 Å². The average molecular weight is 376 g/mol. The summed E-state index contributed by atoms with van der Waals surface area (Å²) >= 11 is 0. The van der Waals surface area contributed by atoms with E-state index in [0.29, 0.717) is 5.75 Å². The van der Waals surface area contributed by atoms with Crippen LogP contribution in [0.1, 0.15) is 18.1 Å². The Kier molecular flexibility index (Phi) is 5.49. The number of nitrogens with zero attached hydrogens (tertiary/aromatic N) is 4. The highest BCUT2D eigenvalue weighted by Crippen LogP contribution is 2.28. The maximum absolute atomic E-state index is 12.8. The van der Waals surface area contributed by atoms with E-state index in [1.54, 1.807) is 12.1 Å². The van der Waals surface area contributed by atoms with Crippen LogP contribution in [0.15, 0.2) is 47.3 Å². The summed E-state index contributed by atoms with van der Waals surface area (Å²) in [6.45, 7) is -1.11. The normalized spacial score (nSPS) is 11.0. The maximum Gasteiger partial charge on any atom is 0.387 e. The van der Waals surface area contributed by atoms with Gasteiger partial charge in [0.1, 0.15) is 18.1 Å². The molecular formula is C18H18F2N4O3. The van der Waals surface area contributed by atoms with Gasteiger partial charge in [-0.15, -0.1) is 0 Å². The molecule has 27 heavy (non-hydrogen) atoms. The second kappa shape index (κ2) is 7.98. The van der Waals surface area contributed by atoms with Crippen LogP contribution in [0, 0.1) is 0 Å². The van der Waals surface area contributed by atoms with Crippen LogP contribution >= 0.6 is 0 Å². The Morgan fingerprint density at radius 2 is 1.81 bits per heavy atom. The first-order chi connectivity index (χ1) is 13.0. The minimum absolute atomic E-state index is 0.0851. The molecule has 0 spiro atoms. The first-order valence-electron chi connectivity index (χ1n) is 8.28. The number of benzene rings is 2. The SMILES string of the molecule is CCc1ccccc1OCc1c(OC(F)F)cccc1-n1nnn(C)c1=O. The molecule has 0 aliphatic carbocycles. The van der Waals surface area contributed by atoms with Gasteiger partial charge in [0.15, 0.2) is 0 Å². The van der Waals surface area contributed by atoms with Crippen LogP contribution in [-0.2, 0) is 20.1 Å². The van der Waals surface area contributed by atoms with Crippen molar-refractivity contribution in [3.63, 3.8) is 0 Å². The van der Waals surface area contributed by atoms with Crippen LogP contribution in [-0.4, -0.2) is 26.4 Å². The lowest BCUT2D eigenvalue weighted by atomic mass is 10.1. The van der Waals surface area contributed by atoms with Crippen molar-refractivity contribution in [1.82, 2.24) is 19.8 Å². The molecule has 1 aromatic heterocycles. The molecular weight excluding hydrogens is 358 g/mol. The Morgan fingerprint density at radius 3 is 2.48 bits per heavy atom. The van der Waals surface area contributed by atoms with Gasteiger partial charge in [0.2, 0.25) is 0 Å². The molecule has 0 aliphatic rings. The van der Waals surface area contributed by atoms with E-state index in [1.165, 1.54) is 19.2 Å². The predicted octanol–water partition coefficient (Wildman–Crippen LogP) is 2.71. The lowest BCUT2D eigenvalue weighted by Gasteiger charge is -2.16. The van der Waals surface area contributed by atoms with Gasteiger partial charge in [0.25, 0.3) is 0 Å². The van der Waals surface area contributed by atoms with Gasteiger partial charge < -0.3 is 9.47 Å². The van der Waals surface area contributed by atoms with Gasteiger partial charge >= 0.3 is 12.3 Å². The predicted molar refractivity (Wildman–Crippen MR) is 93.4 cm³/mol. The lowest BCUT2D eigenvalue weighted by Crippen LogP contribution is -2.23. The molecule has 0 aliphatic heterocycles. The van der Waals surface area contributed by atoms with Crippen molar-refractivity contribution < 1.29 is 18.3 Å². The zero-order valence-electron chi connectivity index (χ0n) is 14.8. The molecule has 0 amide bonds. The standard InChI is InChI=1S/C18H18F2N4O3/c1-3-12-7-4-5-9-15(12)26-11-13-14(24-18(25)23(2)21-22-24)8-6-10-16(13)27-17(19)20/h4-10,17H,3,11H2,1-2H3. The molecule has 0 N–H and O–H groups in total. The van der Waals surface area contributed by atoms with E-state index in [0.717, 1.165) is 21.3 Å². The summed E-state index contributed by atoms with van der Waals surface area (Å²) in [5.74, 6) is 0.540. The number of hydrogen-bond donors (Lipinski definition) is 0. The largest absolute Gasteiger partial charge is 0.488 e. The molecule has 0 saturated heterocycles. The Bertz CT molecular complexity index is 985. The summed E-state index contributed by atoms with van der Waals surface area (Å²) in [7, 11) is 1.44. The van der Waals surface area contributed by atoms with Crippen molar-refractivity contribution >= 4 is 0 Å². The molecule has 0 unspecified atom stereocenters. The molecule has 9 heteroatoms. The van der Waals surface area contributed by atoms with Gasteiger partial charge in [-0.1, -0.05) is 31.2 Å². The molecule has 142 valence electrons. The van der Waals surface area contributed by atoms with Crippen LogP contribution in [0.5, 0.6) is 11.5 Å². The summed E-state index contributed by atoms with van der Waals surface area (Å²) in [6, 6.07) is 11.9.